The van der Waals surface area contributed by atoms with Crippen LogP contribution < -0.4 is 10.1 Å². The van der Waals surface area contributed by atoms with Gasteiger partial charge in [-0.05, 0) is 25.0 Å². The van der Waals surface area contributed by atoms with Crippen LogP contribution in [0.15, 0.2) is 48.5 Å². The number of rotatable bonds is 6. The third kappa shape index (κ3) is 5.41. The van der Waals surface area contributed by atoms with Crippen molar-refractivity contribution in [1.29, 1.82) is 0 Å². The van der Waals surface area contributed by atoms with E-state index in [9.17, 15) is 0 Å². The molecule has 2 aromatic carbocycles. The summed E-state index contributed by atoms with van der Waals surface area (Å²) in [4.78, 5) is 0. The van der Waals surface area contributed by atoms with Crippen LogP contribution in [0.25, 0.3) is 0 Å². The zero-order chi connectivity index (χ0) is 15.9. The van der Waals surface area contributed by atoms with Gasteiger partial charge in [0.25, 0.3) is 0 Å². The Morgan fingerprint density at radius 1 is 0.917 bits per heavy atom. The van der Waals surface area contributed by atoms with Gasteiger partial charge in [0, 0.05) is 28.7 Å². The van der Waals surface area contributed by atoms with Gasteiger partial charge in [0.15, 0.2) is 0 Å². The molecule has 2 aromatic rings. The minimum Gasteiger partial charge on any atom is -0.489 e. The number of nitrogens with one attached hydrogen (secondary N) is 1. The Kier molecular flexibility index (Phi) is 7.90. The van der Waals surface area contributed by atoms with E-state index in [0.29, 0.717) is 12.6 Å². The van der Waals surface area contributed by atoms with Gasteiger partial charge in [0.1, 0.15) is 12.4 Å². The molecule has 0 atom stereocenters. The normalized spacial score (nSPS) is 14.9. The second-order valence-corrected chi connectivity index (χ2v) is 6.61. The van der Waals surface area contributed by atoms with Crippen LogP contribution in [0.4, 0.5) is 0 Å². The van der Waals surface area contributed by atoms with Crippen molar-refractivity contribution in [3.05, 3.63) is 64.7 Å². The van der Waals surface area contributed by atoms with Crippen LogP contribution >= 0.6 is 24.0 Å². The fourth-order valence-corrected chi connectivity index (χ4v) is 3.31. The SMILES string of the molecule is Cl.Clc1ccccc1COc1ccccc1CNC1CCCCC1. The van der Waals surface area contributed by atoms with Crippen molar-refractivity contribution in [2.45, 2.75) is 51.3 Å². The van der Waals surface area contributed by atoms with E-state index in [-0.39, 0.29) is 12.4 Å². The zero-order valence-electron chi connectivity index (χ0n) is 13.8. The Bertz CT molecular complexity index is 627. The van der Waals surface area contributed by atoms with Crippen LogP contribution in [0, 0.1) is 0 Å². The number of ether oxygens (including phenoxy) is 1. The molecule has 0 bridgehead atoms. The summed E-state index contributed by atoms with van der Waals surface area (Å²) in [5.74, 6) is 0.940. The Labute approximate surface area is 156 Å². The number of benzene rings is 2. The van der Waals surface area contributed by atoms with Gasteiger partial charge in [-0.2, -0.15) is 0 Å². The van der Waals surface area contributed by atoms with Crippen molar-refractivity contribution >= 4 is 24.0 Å². The van der Waals surface area contributed by atoms with Gasteiger partial charge in [-0.3, -0.25) is 0 Å². The lowest BCUT2D eigenvalue weighted by atomic mass is 9.95. The van der Waals surface area contributed by atoms with Crippen molar-refractivity contribution < 1.29 is 4.74 Å². The van der Waals surface area contributed by atoms with Crippen molar-refractivity contribution in [2.75, 3.05) is 0 Å². The first kappa shape index (κ1) is 19.1. The van der Waals surface area contributed by atoms with E-state index < -0.39 is 0 Å². The van der Waals surface area contributed by atoms with Gasteiger partial charge in [-0.1, -0.05) is 67.3 Å². The van der Waals surface area contributed by atoms with Gasteiger partial charge in [0.05, 0.1) is 0 Å². The van der Waals surface area contributed by atoms with Crippen molar-refractivity contribution in [2.24, 2.45) is 0 Å². The highest BCUT2D eigenvalue weighted by atomic mass is 35.5. The number of hydrogen-bond donors (Lipinski definition) is 1. The highest BCUT2D eigenvalue weighted by molar-refractivity contribution is 6.31. The van der Waals surface area contributed by atoms with E-state index in [2.05, 4.69) is 17.4 Å². The molecule has 4 heteroatoms. The maximum Gasteiger partial charge on any atom is 0.124 e. The van der Waals surface area contributed by atoms with Crippen LogP contribution in [0.5, 0.6) is 5.75 Å². The molecular weight excluding hydrogens is 341 g/mol. The fraction of sp³-hybridized carbons (Fsp3) is 0.400. The van der Waals surface area contributed by atoms with Gasteiger partial charge in [-0.15, -0.1) is 12.4 Å². The average molecular weight is 366 g/mol. The topological polar surface area (TPSA) is 21.3 Å². The smallest absolute Gasteiger partial charge is 0.124 e. The van der Waals surface area contributed by atoms with Crippen LogP contribution in [-0.2, 0) is 13.2 Å². The highest BCUT2D eigenvalue weighted by Crippen LogP contribution is 2.23. The molecule has 130 valence electrons. The molecule has 0 aliphatic heterocycles. The largest absolute Gasteiger partial charge is 0.489 e. The lowest BCUT2D eigenvalue weighted by molar-refractivity contribution is 0.300. The summed E-state index contributed by atoms with van der Waals surface area (Å²) < 4.78 is 6.02. The van der Waals surface area contributed by atoms with E-state index in [1.54, 1.807) is 0 Å². The summed E-state index contributed by atoms with van der Waals surface area (Å²) in [5.41, 5.74) is 2.23. The van der Waals surface area contributed by atoms with E-state index in [1.165, 1.54) is 37.7 Å². The molecule has 1 N–H and O–H groups in total. The molecule has 1 aliphatic carbocycles. The van der Waals surface area contributed by atoms with Crippen LogP contribution in [0.1, 0.15) is 43.2 Å². The molecule has 0 amide bonds. The highest BCUT2D eigenvalue weighted by Gasteiger charge is 2.13. The third-order valence-corrected chi connectivity index (χ3v) is 4.87. The van der Waals surface area contributed by atoms with Crippen molar-refractivity contribution in [3.8, 4) is 5.75 Å². The first-order valence-corrected chi connectivity index (χ1v) is 8.88. The number of hydrogen-bond acceptors (Lipinski definition) is 2. The van der Waals surface area contributed by atoms with Gasteiger partial charge < -0.3 is 10.1 Å². The van der Waals surface area contributed by atoms with Crippen LogP contribution in [-0.4, -0.2) is 6.04 Å². The predicted molar refractivity (Wildman–Crippen MR) is 103 cm³/mol. The molecule has 0 unspecified atom stereocenters. The van der Waals surface area contributed by atoms with Gasteiger partial charge >= 0.3 is 0 Å². The van der Waals surface area contributed by atoms with E-state index in [4.69, 9.17) is 16.3 Å². The number of para-hydroxylation sites is 1. The molecule has 0 heterocycles. The van der Waals surface area contributed by atoms with Crippen LogP contribution in [0.3, 0.4) is 0 Å². The van der Waals surface area contributed by atoms with E-state index in [1.807, 2.05) is 36.4 Å². The molecule has 0 radical (unpaired) electrons. The Balaban J connectivity index is 0.00000208. The van der Waals surface area contributed by atoms with Crippen molar-refractivity contribution in [3.63, 3.8) is 0 Å². The first-order chi connectivity index (χ1) is 11.3. The summed E-state index contributed by atoms with van der Waals surface area (Å²) in [5, 5.41) is 4.44. The molecule has 2 nitrogen and oxygen atoms in total. The molecular formula is C20H25Cl2NO. The Morgan fingerprint density at radius 3 is 2.33 bits per heavy atom. The Hall–Kier alpha value is -1.22. The van der Waals surface area contributed by atoms with Gasteiger partial charge in [0.2, 0.25) is 0 Å². The Morgan fingerprint density at radius 2 is 1.58 bits per heavy atom. The molecule has 24 heavy (non-hydrogen) atoms. The van der Waals surface area contributed by atoms with E-state index in [0.717, 1.165) is 22.9 Å². The molecule has 1 saturated carbocycles. The fourth-order valence-electron chi connectivity index (χ4n) is 3.12. The quantitative estimate of drug-likeness (QED) is 0.701. The molecule has 3 rings (SSSR count). The summed E-state index contributed by atoms with van der Waals surface area (Å²) in [6.45, 7) is 1.36. The molecule has 1 fully saturated rings. The van der Waals surface area contributed by atoms with Crippen LogP contribution in [0.2, 0.25) is 5.02 Å². The summed E-state index contributed by atoms with van der Waals surface area (Å²) in [6.07, 6.45) is 6.67. The minimum atomic E-state index is 0. The van der Waals surface area contributed by atoms with Gasteiger partial charge in [-0.25, -0.2) is 0 Å². The summed E-state index contributed by atoms with van der Waals surface area (Å²) in [7, 11) is 0. The second-order valence-electron chi connectivity index (χ2n) is 6.20. The number of halogens is 2. The van der Waals surface area contributed by atoms with Crippen molar-refractivity contribution in [1.82, 2.24) is 5.32 Å². The minimum absolute atomic E-state index is 0. The second kappa shape index (κ2) is 9.93. The molecule has 0 saturated heterocycles. The maximum absolute atomic E-state index is 6.20. The maximum atomic E-state index is 6.20. The average Bonchev–Trinajstić information content (AvgIpc) is 2.61. The summed E-state index contributed by atoms with van der Waals surface area (Å²) >= 11 is 6.20. The molecule has 0 aromatic heterocycles. The third-order valence-electron chi connectivity index (χ3n) is 4.50. The first-order valence-electron chi connectivity index (χ1n) is 8.50. The summed E-state index contributed by atoms with van der Waals surface area (Å²) in [6, 6.07) is 16.7. The lowest BCUT2D eigenvalue weighted by Gasteiger charge is -2.23. The predicted octanol–water partition coefficient (Wildman–Crippen LogP) is 5.76. The standard InChI is InChI=1S/C20H24ClNO.ClH/c21-19-12-6-4-9-17(19)15-23-20-13-7-5-8-16(20)14-22-18-10-2-1-3-11-18;/h4-9,12-13,18,22H,1-3,10-11,14-15H2;1H. The lowest BCUT2D eigenvalue weighted by Crippen LogP contribution is -2.30. The molecule has 1 aliphatic rings. The molecule has 0 spiro atoms. The monoisotopic (exact) mass is 365 g/mol. The van der Waals surface area contributed by atoms with E-state index >= 15 is 0 Å². The zero-order valence-corrected chi connectivity index (χ0v) is 15.4.